The van der Waals surface area contributed by atoms with Gasteiger partial charge in [-0.25, -0.2) is 4.79 Å². The molecule has 0 aromatic carbocycles. The highest BCUT2D eigenvalue weighted by Gasteiger charge is 2.10. The van der Waals surface area contributed by atoms with E-state index in [2.05, 4.69) is 4.98 Å². The standard InChI is InChI=1S/C12H9NO3/c1-6-5-9-7(2)8-3-4-10(14)16-11(8)13-12(9)15-6/h3-5H,1-2H3. The second kappa shape index (κ2) is 2.95. The smallest absolute Gasteiger partial charge is 0.337 e. The van der Waals surface area contributed by atoms with Crippen LogP contribution in [0.1, 0.15) is 11.3 Å². The molecule has 0 aliphatic carbocycles. The fraction of sp³-hybridized carbons (Fsp3) is 0.167. The van der Waals surface area contributed by atoms with Crippen molar-refractivity contribution in [3.63, 3.8) is 0 Å². The second-order valence-electron chi connectivity index (χ2n) is 3.79. The van der Waals surface area contributed by atoms with E-state index < -0.39 is 5.63 Å². The molecule has 0 aliphatic heterocycles. The Balaban J connectivity index is 2.59. The Morgan fingerprint density at radius 3 is 2.62 bits per heavy atom. The Morgan fingerprint density at radius 2 is 1.81 bits per heavy atom. The molecular weight excluding hydrogens is 206 g/mol. The summed E-state index contributed by atoms with van der Waals surface area (Å²) >= 11 is 0. The molecule has 0 saturated carbocycles. The quantitative estimate of drug-likeness (QED) is 0.578. The van der Waals surface area contributed by atoms with Gasteiger partial charge in [0.05, 0.1) is 0 Å². The fourth-order valence-corrected chi connectivity index (χ4v) is 1.87. The second-order valence-corrected chi connectivity index (χ2v) is 3.79. The molecule has 0 N–H and O–H groups in total. The first-order valence-electron chi connectivity index (χ1n) is 4.96. The van der Waals surface area contributed by atoms with Crippen LogP contribution in [0.4, 0.5) is 0 Å². The van der Waals surface area contributed by atoms with Gasteiger partial charge in [0.25, 0.3) is 0 Å². The predicted molar refractivity (Wildman–Crippen MR) is 59.5 cm³/mol. The maximum Gasteiger partial charge on any atom is 0.337 e. The maximum absolute atomic E-state index is 11.1. The van der Waals surface area contributed by atoms with Crippen LogP contribution in [0.15, 0.2) is 31.8 Å². The van der Waals surface area contributed by atoms with E-state index in [0.29, 0.717) is 11.4 Å². The number of nitrogens with zero attached hydrogens (tertiary/aromatic N) is 1. The first-order chi connectivity index (χ1) is 7.65. The van der Waals surface area contributed by atoms with E-state index >= 15 is 0 Å². The molecule has 4 heteroatoms. The van der Waals surface area contributed by atoms with Gasteiger partial charge in [0.2, 0.25) is 11.4 Å². The fourth-order valence-electron chi connectivity index (χ4n) is 1.87. The minimum atomic E-state index is -0.401. The van der Waals surface area contributed by atoms with E-state index in [9.17, 15) is 4.79 Å². The zero-order valence-electron chi connectivity index (χ0n) is 8.90. The third kappa shape index (κ3) is 1.16. The summed E-state index contributed by atoms with van der Waals surface area (Å²) in [6.45, 7) is 3.82. The zero-order chi connectivity index (χ0) is 11.3. The summed E-state index contributed by atoms with van der Waals surface area (Å²) in [4.78, 5) is 15.3. The molecule has 0 radical (unpaired) electrons. The van der Waals surface area contributed by atoms with Crippen LogP contribution in [0.3, 0.4) is 0 Å². The number of rotatable bonds is 0. The predicted octanol–water partition coefficient (Wildman–Crippen LogP) is 2.55. The first kappa shape index (κ1) is 9.15. The van der Waals surface area contributed by atoms with Crippen LogP contribution in [0.2, 0.25) is 0 Å². The van der Waals surface area contributed by atoms with Crippen molar-refractivity contribution in [1.82, 2.24) is 4.98 Å². The highest BCUT2D eigenvalue weighted by Crippen LogP contribution is 2.26. The molecule has 16 heavy (non-hydrogen) atoms. The lowest BCUT2D eigenvalue weighted by molar-refractivity contribution is 0.537. The van der Waals surface area contributed by atoms with Crippen LogP contribution in [-0.4, -0.2) is 4.98 Å². The van der Waals surface area contributed by atoms with E-state index in [1.54, 1.807) is 6.07 Å². The van der Waals surface area contributed by atoms with Crippen molar-refractivity contribution >= 4 is 22.2 Å². The molecule has 3 aromatic rings. The first-order valence-corrected chi connectivity index (χ1v) is 4.96. The largest absolute Gasteiger partial charge is 0.443 e. The van der Waals surface area contributed by atoms with Gasteiger partial charge in [0.15, 0.2) is 0 Å². The lowest BCUT2D eigenvalue weighted by atomic mass is 10.1. The van der Waals surface area contributed by atoms with Crippen molar-refractivity contribution in [3.05, 3.63) is 39.9 Å². The summed E-state index contributed by atoms with van der Waals surface area (Å²) < 4.78 is 10.5. The monoisotopic (exact) mass is 215 g/mol. The van der Waals surface area contributed by atoms with E-state index in [1.807, 2.05) is 19.9 Å². The van der Waals surface area contributed by atoms with Crippen molar-refractivity contribution in [2.24, 2.45) is 0 Å². The van der Waals surface area contributed by atoms with Crippen molar-refractivity contribution < 1.29 is 8.83 Å². The van der Waals surface area contributed by atoms with Gasteiger partial charge < -0.3 is 8.83 Å². The maximum atomic E-state index is 11.1. The molecular formula is C12H9NO3. The molecule has 0 atom stereocenters. The third-order valence-corrected chi connectivity index (χ3v) is 2.66. The van der Waals surface area contributed by atoms with Crippen LogP contribution in [0.5, 0.6) is 0 Å². The zero-order valence-corrected chi connectivity index (χ0v) is 8.90. The van der Waals surface area contributed by atoms with E-state index in [4.69, 9.17) is 8.83 Å². The Hall–Kier alpha value is -2.10. The highest BCUT2D eigenvalue weighted by molar-refractivity contribution is 5.92. The van der Waals surface area contributed by atoms with Crippen LogP contribution in [-0.2, 0) is 0 Å². The van der Waals surface area contributed by atoms with Gasteiger partial charge in [-0.1, -0.05) is 0 Å². The number of hydrogen-bond donors (Lipinski definition) is 0. The Morgan fingerprint density at radius 1 is 1.06 bits per heavy atom. The molecule has 0 aliphatic rings. The van der Waals surface area contributed by atoms with Crippen molar-refractivity contribution in [3.8, 4) is 0 Å². The Labute approximate surface area is 90.5 Å². The summed E-state index contributed by atoms with van der Waals surface area (Å²) in [7, 11) is 0. The molecule has 0 bridgehead atoms. The lowest BCUT2D eigenvalue weighted by Crippen LogP contribution is -1.96. The molecule has 80 valence electrons. The average Bonchev–Trinajstić information content (AvgIpc) is 2.59. The SMILES string of the molecule is Cc1cc2c(C)c3ccc(=O)oc3nc2o1. The number of aryl methyl sites for hydroxylation is 2. The summed E-state index contributed by atoms with van der Waals surface area (Å²) in [5.74, 6) is 0.795. The molecule has 4 nitrogen and oxygen atoms in total. The molecule has 0 saturated heterocycles. The van der Waals surface area contributed by atoms with Crippen molar-refractivity contribution in [1.29, 1.82) is 0 Å². The topological polar surface area (TPSA) is 56.2 Å². The third-order valence-electron chi connectivity index (χ3n) is 2.66. The average molecular weight is 215 g/mol. The van der Waals surface area contributed by atoms with Crippen molar-refractivity contribution in [2.75, 3.05) is 0 Å². The molecule has 0 spiro atoms. The normalized spacial score (nSPS) is 11.4. The molecule has 3 heterocycles. The number of fused-ring (bicyclic) bond motifs is 2. The van der Waals surface area contributed by atoms with Crippen LogP contribution < -0.4 is 5.63 Å². The van der Waals surface area contributed by atoms with Gasteiger partial charge in [-0.05, 0) is 31.5 Å². The molecule has 0 fully saturated rings. The molecule has 3 aromatic heterocycles. The molecule has 0 amide bonds. The minimum absolute atomic E-state index is 0.326. The minimum Gasteiger partial charge on any atom is -0.443 e. The molecule has 3 rings (SSSR count). The Kier molecular flexibility index (Phi) is 1.68. The van der Waals surface area contributed by atoms with Crippen LogP contribution in [0.25, 0.3) is 22.2 Å². The summed E-state index contributed by atoms with van der Waals surface area (Å²) in [6, 6.07) is 5.06. The van der Waals surface area contributed by atoms with E-state index in [1.165, 1.54) is 6.07 Å². The lowest BCUT2D eigenvalue weighted by Gasteiger charge is -1.99. The number of furan rings is 1. The van der Waals surface area contributed by atoms with Crippen LogP contribution in [0, 0.1) is 13.8 Å². The highest BCUT2D eigenvalue weighted by atomic mass is 16.4. The summed E-state index contributed by atoms with van der Waals surface area (Å²) in [5.41, 5.74) is 1.45. The van der Waals surface area contributed by atoms with Gasteiger partial charge in [0.1, 0.15) is 5.76 Å². The Bertz CT molecular complexity index is 752. The summed E-state index contributed by atoms with van der Waals surface area (Å²) in [6.07, 6.45) is 0. The number of pyridine rings is 1. The number of hydrogen-bond acceptors (Lipinski definition) is 4. The van der Waals surface area contributed by atoms with Gasteiger partial charge >= 0.3 is 5.63 Å². The summed E-state index contributed by atoms with van der Waals surface area (Å²) in [5, 5.41) is 1.80. The molecule has 0 unspecified atom stereocenters. The van der Waals surface area contributed by atoms with Gasteiger partial charge in [-0.2, -0.15) is 4.98 Å². The van der Waals surface area contributed by atoms with Gasteiger partial charge in [0, 0.05) is 16.8 Å². The van der Waals surface area contributed by atoms with Gasteiger partial charge in [-0.15, -0.1) is 0 Å². The van der Waals surface area contributed by atoms with Crippen LogP contribution >= 0.6 is 0 Å². The number of aromatic nitrogens is 1. The van der Waals surface area contributed by atoms with E-state index in [-0.39, 0.29) is 0 Å². The van der Waals surface area contributed by atoms with E-state index in [0.717, 1.165) is 22.1 Å². The van der Waals surface area contributed by atoms with Gasteiger partial charge in [-0.3, -0.25) is 0 Å². The van der Waals surface area contributed by atoms with Crippen molar-refractivity contribution in [2.45, 2.75) is 13.8 Å².